The minimum atomic E-state index is -4.33. The Hall–Kier alpha value is -1.61. The number of hydrogen-bond donors (Lipinski definition) is 1. The average Bonchev–Trinajstić information content (AvgIpc) is 2.59. The normalized spacial score (nSPS) is 12.1. The second-order valence-corrected chi connectivity index (χ2v) is 9.76. The van der Waals surface area contributed by atoms with Crippen LogP contribution in [0.2, 0.25) is 0 Å². The lowest BCUT2D eigenvalue weighted by Gasteiger charge is -2.25. The molecule has 0 saturated carbocycles. The molecule has 0 fully saturated rings. The van der Waals surface area contributed by atoms with Gasteiger partial charge in [0.25, 0.3) is 10.1 Å². The van der Waals surface area contributed by atoms with Crippen molar-refractivity contribution in [3.8, 4) is 0 Å². The summed E-state index contributed by atoms with van der Waals surface area (Å²) in [7, 11) is -7.55. The molecule has 142 valence electrons. The van der Waals surface area contributed by atoms with Crippen molar-refractivity contribution in [2.24, 2.45) is 0 Å². The van der Waals surface area contributed by atoms with Crippen LogP contribution in [-0.4, -0.2) is 45.3 Å². The molecule has 26 heavy (non-hydrogen) atoms. The predicted octanol–water partition coefficient (Wildman–Crippen LogP) is 3.12. The van der Waals surface area contributed by atoms with Crippen LogP contribution in [0.1, 0.15) is 6.42 Å². The summed E-state index contributed by atoms with van der Waals surface area (Å²) in [6, 6.07) is 15.1. The van der Waals surface area contributed by atoms with Gasteiger partial charge in [-0.15, -0.1) is 11.6 Å². The van der Waals surface area contributed by atoms with Gasteiger partial charge in [0.05, 0.1) is 16.4 Å². The maximum absolute atomic E-state index is 11.9. The molecule has 0 saturated heterocycles. The van der Waals surface area contributed by atoms with Gasteiger partial charge >= 0.3 is 0 Å². The summed E-state index contributed by atoms with van der Waals surface area (Å²) in [5, 5.41) is 0. The molecule has 2 aromatic carbocycles. The highest BCUT2D eigenvalue weighted by Crippen LogP contribution is 2.27. The number of sulfone groups is 1. The maximum atomic E-state index is 11.9. The average molecular weight is 418 g/mol. The van der Waals surface area contributed by atoms with Crippen molar-refractivity contribution in [3.05, 3.63) is 54.6 Å². The molecule has 0 atom stereocenters. The van der Waals surface area contributed by atoms with Crippen LogP contribution in [0.3, 0.4) is 0 Å². The smallest absolute Gasteiger partial charge is 0.294 e. The minimum absolute atomic E-state index is 0.0129. The van der Waals surface area contributed by atoms with Crippen LogP contribution < -0.4 is 4.90 Å². The van der Waals surface area contributed by atoms with Gasteiger partial charge < -0.3 is 4.90 Å². The lowest BCUT2D eigenvalue weighted by atomic mass is 10.2. The van der Waals surface area contributed by atoms with Crippen molar-refractivity contribution in [1.82, 2.24) is 0 Å². The van der Waals surface area contributed by atoms with Crippen LogP contribution >= 0.6 is 11.6 Å². The van der Waals surface area contributed by atoms with E-state index in [0.717, 1.165) is 5.69 Å². The summed E-state index contributed by atoms with van der Waals surface area (Å²) in [6.45, 7) is 0.362. The fourth-order valence-electron chi connectivity index (χ4n) is 2.49. The van der Waals surface area contributed by atoms with Crippen LogP contribution in [0.25, 0.3) is 0 Å². The van der Waals surface area contributed by atoms with E-state index in [0.29, 0.717) is 18.7 Å². The van der Waals surface area contributed by atoms with Crippen LogP contribution in [-0.2, 0) is 20.0 Å². The zero-order valence-corrected chi connectivity index (χ0v) is 16.3. The van der Waals surface area contributed by atoms with Crippen LogP contribution in [0.5, 0.6) is 0 Å². The van der Waals surface area contributed by atoms with Gasteiger partial charge in [-0.2, -0.15) is 8.42 Å². The number of benzene rings is 2. The third kappa shape index (κ3) is 5.98. The van der Waals surface area contributed by atoms with E-state index in [1.807, 2.05) is 35.2 Å². The van der Waals surface area contributed by atoms with Gasteiger partial charge in [0.1, 0.15) is 0 Å². The van der Waals surface area contributed by atoms with E-state index < -0.39 is 20.0 Å². The molecule has 0 aliphatic rings. The molecule has 2 rings (SSSR count). The summed E-state index contributed by atoms with van der Waals surface area (Å²) in [5.74, 6) is -0.0275. The Morgan fingerprint density at radius 3 is 2.15 bits per heavy atom. The molecule has 1 N–H and O–H groups in total. The van der Waals surface area contributed by atoms with Crippen molar-refractivity contribution < 1.29 is 21.4 Å². The third-order valence-electron chi connectivity index (χ3n) is 3.72. The van der Waals surface area contributed by atoms with E-state index in [9.17, 15) is 21.4 Å². The largest absolute Gasteiger partial charge is 0.341 e. The van der Waals surface area contributed by atoms with E-state index >= 15 is 0 Å². The Morgan fingerprint density at radius 2 is 1.54 bits per heavy atom. The zero-order valence-electron chi connectivity index (χ0n) is 14.0. The topological polar surface area (TPSA) is 91.8 Å². The number of alkyl halides is 1. The second-order valence-electron chi connectivity index (χ2n) is 5.65. The number of para-hydroxylation sites is 1. The monoisotopic (exact) mass is 417 g/mol. The van der Waals surface area contributed by atoms with Crippen molar-refractivity contribution >= 4 is 42.9 Å². The molecule has 2 aromatic rings. The summed E-state index contributed by atoms with van der Waals surface area (Å²) in [4.78, 5) is 1.59. The first kappa shape index (κ1) is 20.7. The van der Waals surface area contributed by atoms with Crippen molar-refractivity contribution in [1.29, 1.82) is 0 Å². The van der Waals surface area contributed by atoms with Crippen molar-refractivity contribution in [2.45, 2.75) is 11.3 Å². The molecular weight excluding hydrogens is 398 g/mol. The standard InChI is InChI=1S/C17H20ClNO5S2/c18-10-13-25(20,21)12-5-11-19(15-6-2-1-3-7-15)16-8-4-9-17(14-16)26(22,23)24/h1-4,6-9,14H,5,10-13H2,(H,22,23,24). The molecule has 0 amide bonds. The lowest BCUT2D eigenvalue weighted by Crippen LogP contribution is -2.22. The Morgan fingerprint density at radius 1 is 0.885 bits per heavy atom. The van der Waals surface area contributed by atoms with Crippen molar-refractivity contribution in [2.75, 3.05) is 28.8 Å². The Bertz CT molecular complexity index is 931. The van der Waals surface area contributed by atoms with E-state index in [1.54, 1.807) is 6.07 Å². The highest BCUT2D eigenvalue weighted by Gasteiger charge is 2.16. The van der Waals surface area contributed by atoms with Crippen LogP contribution in [0, 0.1) is 0 Å². The van der Waals surface area contributed by atoms with Gasteiger partial charge in [0.2, 0.25) is 0 Å². The lowest BCUT2D eigenvalue weighted by molar-refractivity contribution is 0.483. The molecule has 0 radical (unpaired) electrons. The molecular formula is C17H20ClNO5S2. The first-order valence-electron chi connectivity index (χ1n) is 7.89. The van der Waals surface area contributed by atoms with E-state index in [4.69, 9.17) is 11.6 Å². The predicted molar refractivity (Wildman–Crippen MR) is 104 cm³/mol. The van der Waals surface area contributed by atoms with E-state index in [2.05, 4.69) is 0 Å². The Labute approximate surface area is 159 Å². The number of anilines is 2. The highest BCUT2D eigenvalue weighted by atomic mass is 35.5. The Kier molecular flexibility index (Phi) is 7.05. The Balaban J connectivity index is 2.29. The maximum Gasteiger partial charge on any atom is 0.294 e. The molecule has 0 aliphatic carbocycles. The SMILES string of the molecule is O=S(=O)(CCCl)CCCN(c1ccccc1)c1cccc(S(=O)(=O)O)c1. The summed E-state index contributed by atoms with van der Waals surface area (Å²) in [6.07, 6.45) is 0.351. The molecule has 0 aliphatic heterocycles. The molecule has 0 bridgehead atoms. The van der Waals surface area contributed by atoms with E-state index in [1.165, 1.54) is 18.2 Å². The van der Waals surface area contributed by atoms with Gasteiger partial charge in [0.15, 0.2) is 9.84 Å². The fourth-order valence-corrected chi connectivity index (χ4v) is 4.72. The fraction of sp³-hybridized carbons (Fsp3) is 0.294. The zero-order chi connectivity index (χ0) is 19.2. The molecule has 0 spiro atoms. The highest BCUT2D eigenvalue weighted by molar-refractivity contribution is 7.91. The quantitative estimate of drug-likeness (QED) is 0.497. The molecule has 6 nitrogen and oxygen atoms in total. The first-order valence-corrected chi connectivity index (χ1v) is 11.7. The molecule has 0 unspecified atom stereocenters. The number of hydrogen-bond acceptors (Lipinski definition) is 5. The molecule has 0 aromatic heterocycles. The van der Waals surface area contributed by atoms with Gasteiger partial charge in [-0.25, -0.2) is 8.42 Å². The van der Waals surface area contributed by atoms with Crippen LogP contribution in [0.4, 0.5) is 11.4 Å². The van der Waals surface area contributed by atoms with Gasteiger partial charge in [-0.05, 0) is 36.8 Å². The number of halogens is 1. The second kappa shape index (κ2) is 8.85. The van der Waals surface area contributed by atoms with Gasteiger partial charge in [-0.1, -0.05) is 24.3 Å². The summed E-state index contributed by atoms with van der Waals surface area (Å²) < 4.78 is 55.8. The molecule has 0 heterocycles. The van der Waals surface area contributed by atoms with Gasteiger partial charge in [0, 0.05) is 23.8 Å². The summed E-state index contributed by atoms with van der Waals surface area (Å²) >= 11 is 5.51. The van der Waals surface area contributed by atoms with E-state index in [-0.39, 0.29) is 22.3 Å². The number of nitrogens with zero attached hydrogens (tertiary/aromatic N) is 1. The third-order valence-corrected chi connectivity index (χ3v) is 6.72. The number of rotatable bonds is 9. The molecule has 9 heteroatoms. The first-order chi connectivity index (χ1) is 12.2. The van der Waals surface area contributed by atoms with Crippen molar-refractivity contribution in [3.63, 3.8) is 0 Å². The summed E-state index contributed by atoms with van der Waals surface area (Å²) in [5.41, 5.74) is 1.33. The van der Waals surface area contributed by atoms with Crippen LogP contribution in [0.15, 0.2) is 59.5 Å². The van der Waals surface area contributed by atoms with Gasteiger partial charge in [-0.3, -0.25) is 4.55 Å². The minimum Gasteiger partial charge on any atom is -0.341 e.